The summed E-state index contributed by atoms with van der Waals surface area (Å²) >= 11 is 12.2. The summed E-state index contributed by atoms with van der Waals surface area (Å²) in [5.74, 6) is 0.669. The standard InChI is InChI=1S/C12H8Cl2N6/c13-8-3-1-2-6(9(8)14)10-7(4-15)11(16)20-12(19-10)17-5-18-20/h1-3,5,10H,16H2,(H,17,18,19)/t10-/m0/s1. The molecule has 0 aliphatic carbocycles. The van der Waals surface area contributed by atoms with Crippen LogP contribution in [-0.4, -0.2) is 14.8 Å². The maximum Gasteiger partial charge on any atom is 0.228 e. The quantitative estimate of drug-likeness (QED) is 0.844. The van der Waals surface area contributed by atoms with Gasteiger partial charge in [-0.1, -0.05) is 35.3 Å². The summed E-state index contributed by atoms with van der Waals surface area (Å²) in [5, 5.41) is 17.2. The first-order valence-electron chi connectivity index (χ1n) is 5.64. The lowest BCUT2D eigenvalue weighted by Crippen LogP contribution is -2.27. The van der Waals surface area contributed by atoms with Gasteiger partial charge < -0.3 is 11.1 Å². The lowest BCUT2D eigenvalue weighted by atomic mass is 9.98. The Balaban J connectivity index is 2.18. The fraction of sp³-hybridized carbons (Fsp3) is 0.0833. The minimum Gasteiger partial charge on any atom is -0.383 e. The number of rotatable bonds is 1. The van der Waals surface area contributed by atoms with Crippen LogP contribution in [0.25, 0.3) is 5.82 Å². The Bertz CT molecular complexity index is 758. The van der Waals surface area contributed by atoms with Crippen LogP contribution in [0.5, 0.6) is 0 Å². The monoisotopic (exact) mass is 306 g/mol. The third-order valence-electron chi connectivity index (χ3n) is 3.03. The summed E-state index contributed by atoms with van der Waals surface area (Å²) in [6.45, 7) is 0. The summed E-state index contributed by atoms with van der Waals surface area (Å²) < 4.78 is 1.37. The molecule has 0 fully saturated rings. The maximum absolute atomic E-state index is 9.35. The number of aromatic nitrogens is 3. The van der Waals surface area contributed by atoms with Gasteiger partial charge in [0.05, 0.1) is 21.7 Å². The molecule has 1 aliphatic rings. The number of nitrogens with two attached hydrogens (primary N) is 1. The smallest absolute Gasteiger partial charge is 0.228 e. The molecule has 3 rings (SSSR count). The predicted octanol–water partition coefficient (Wildman–Crippen LogP) is 2.40. The second kappa shape index (κ2) is 4.71. The third kappa shape index (κ3) is 1.80. The molecule has 0 amide bonds. The van der Waals surface area contributed by atoms with Gasteiger partial charge in [-0.2, -0.15) is 20.0 Å². The summed E-state index contributed by atoms with van der Waals surface area (Å²) in [5.41, 5.74) is 6.94. The van der Waals surface area contributed by atoms with E-state index >= 15 is 0 Å². The zero-order valence-electron chi connectivity index (χ0n) is 10.0. The summed E-state index contributed by atoms with van der Waals surface area (Å²) in [6.07, 6.45) is 1.35. The Morgan fingerprint density at radius 1 is 1.40 bits per heavy atom. The highest BCUT2D eigenvalue weighted by Crippen LogP contribution is 2.38. The normalized spacial score (nSPS) is 17.4. The Morgan fingerprint density at radius 2 is 2.20 bits per heavy atom. The average molecular weight is 307 g/mol. The molecule has 2 aromatic rings. The van der Waals surface area contributed by atoms with Gasteiger partial charge in [0.2, 0.25) is 5.95 Å². The van der Waals surface area contributed by atoms with Crippen molar-refractivity contribution in [1.82, 2.24) is 14.8 Å². The summed E-state index contributed by atoms with van der Waals surface area (Å²) in [7, 11) is 0. The molecule has 1 atom stereocenters. The molecule has 3 N–H and O–H groups in total. The second-order valence-electron chi connectivity index (χ2n) is 4.13. The van der Waals surface area contributed by atoms with Gasteiger partial charge in [-0.3, -0.25) is 0 Å². The van der Waals surface area contributed by atoms with E-state index in [0.717, 1.165) is 0 Å². The van der Waals surface area contributed by atoms with E-state index in [-0.39, 0.29) is 5.82 Å². The minimum atomic E-state index is -0.511. The van der Waals surface area contributed by atoms with Gasteiger partial charge >= 0.3 is 0 Å². The zero-order valence-corrected chi connectivity index (χ0v) is 11.5. The summed E-state index contributed by atoms with van der Waals surface area (Å²) in [4.78, 5) is 4.04. The predicted molar refractivity (Wildman–Crippen MR) is 75.9 cm³/mol. The van der Waals surface area contributed by atoms with Crippen molar-refractivity contribution in [3.63, 3.8) is 0 Å². The summed E-state index contributed by atoms with van der Waals surface area (Å²) in [6, 6.07) is 6.79. The molecule has 2 heterocycles. The first kappa shape index (κ1) is 12.8. The molecular formula is C12H8Cl2N6. The molecule has 0 saturated carbocycles. The van der Waals surface area contributed by atoms with Gasteiger partial charge in [0.25, 0.3) is 0 Å². The third-order valence-corrected chi connectivity index (χ3v) is 3.86. The number of fused-ring (bicyclic) bond motifs is 1. The molecule has 1 aromatic heterocycles. The maximum atomic E-state index is 9.35. The Morgan fingerprint density at radius 3 is 2.95 bits per heavy atom. The Kier molecular flexibility index (Phi) is 3.01. The molecule has 0 saturated heterocycles. The first-order valence-corrected chi connectivity index (χ1v) is 6.39. The fourth-order valence-electron chi connectivity index (χ4n) is 2.08. The molecule has 0 spiro atoms. The van der Waals surface area contributed by atoms with Crippen LogP contribution in [0.1, 0.15) is 11.6 Å². The lowest BCUT2D eigenvalue weighted by molar-refractivity contribution is 0.795. The van der Waals surface area contributed by atoms with Crippen LogP contribution in [-0.2, 0) is 0 Å². The van der Waals surface area contributed by atoms with Crippen LogP contribution in [0.3, 0.4) is 0 Å². The Hall–Kier alpha value is -2.23. The van der Waals surface area contributed by atoms with Gasteiger partial charge in [0.1, 0.15) is 18.2 Å². The van der Waals surface area contributed by atoms with E-state index in [4.69, 9.17) is 28.9 Å². The van der Waals surface area contributed by atoms with Crippen LogP contribution >= 0.6 is 23.2 Å². The van der Waals surface area contributed by atoms with Crippen molar-refractivity contribution in [3.8, 4) is 6.07 Å². The number of nitrogens with one attached hydrogen (secondary N) is 1. The van der Waals surface area contributed by atoms with E-state index in [9.17, 15) is 5.26 Å². The number of anilines is 1. The number of hydrogen-bond acceptors (Lipinski definition) is 5. The number of nitriles is 1. The van der Waals surface area contributed by atoms with Gasteiger partial charge in [-0.05, 0) is 11.6 Å². The van der Waals surface area contributed by atoms with E-state index in [1.807, 2.05) is 0 Å². The van der Waals surface area contributed by atoms with Gasteiger partial charge in [-0.25, -0.2) is 0 Å². The highest BCUT2D eigenvalue weighted by atomic mass is 35.5. The molecule has 1 aromatic carbocycles. The van der Waals surface area contributed by atoms with E-state index in [1.165, 1.54) is 11.0 Å². The van der Waals surface area contributed by atoms with E-state index < -0.39 is 6.04 Å². The largest absolute Gasteiger partial charge is 0.383 e. The zero-order chi connectivity index (χ0) is 14.3. The van der Waals surface area contributed by atoms with Crippen LogP contribution in [0.15, 0.2) is 30.1 Å². The number of halogens is 2. The van der Waals surface area contributed by atoms with Crippen LogP contribution in [0.4, 0.5) is 5.95 Å². The van der Waals surface area contributed by atoms with Crippen molar-refractivity contribution in [1.29, 1.82) is 5.26 Å². The fourth-order valence-corrected chi connectivity index (χ4v) is 2.49. The van der Waals surface area contributed by atoms with Gasteiger partial charge in [0.15, 0.2) is 0 Å². The molecule has 0 bridgehead atoms. The van der Waals surface area contributed by atoms with Crippen molar-refractivity contribution < 1.29 is 0 Å². The minimum absolute atomic E-state index is 0.222. The van der Waals surface area contributed by atoms with E-state index in [1.54, 1.807) is 18.2 Å². The lowest BCUT2D eigenvalue weighted by Gasteiger charge is -2.26. The molecule has 1 aliphatic heterocycles. The van der Waals surface area contributed by atoms with Crippen LogP contribution in [0.2, 0.25) is 10.0 Å². The SMILES string of the molecule is N#CC1=C(N)n2ncnc2N[C@H]1c1cccc(Cl)c1Cl. The average Bonchev–Trinajstić information content (AvgIpc) is 2.90. The molecule has 100 valence electrons. The van der Waals surface area contributed by atoms with Crippen molar-refractivity contribution in [2.75, 3.05) is 5.32 Å². The number of benzene rings is 1. The highest BCUT2D eigenvalue weighted by Gasteiger charge is 2.30. The van der Waals surface area contributed by atoms with Crippen molar-refractivity contribution in [2.45, 2.75) is 6.04 Å². The molecule has 0 radical (unpaired) electrons. The van der Waals surface area contributed by atoms with Crippen molar-refractivity contribution in [3.05, 3.63) is 45.7 Å². The Labute approximate surface area is 124 Å². The van der Waals surface area contributed by atoms with Crippen molar-refractivity contribution >= 4 is 35.0 Å². The van der Waals surface area contributed by atoms with Gasteiger partial charge in [0, 0.05) is 0 Å². The molecule has 0 unspecified atom stereocenters. The highest BCUT2D eigenvalue weighted by molar-refractivity contribution is 6.42. The van der Waals surface area contributed by atoms with E-state index in [2.05, 4.69) is 21.5 Å². The van der Waals surface area contributed by atoms with Crippen molar-refractivity contribution in [2.24, 2.45) is 5.73 Å². The second-order valence-corrected chi connectivity index (χ2v) is 4.91. The topological polar surface area (TPSA) is 92.5 Å². The van der Waals surface area contributed by atoms with E-state index in [0.29, 0.717) is 27.1 Å². The number of hydrogen-bond donors (Lipinski definition) is 2. The van der Waals surface area contributed by atoms with Crippen LogP contribution in [0, 0.1) is 11.3 Å². The van der Waals surface area contributed by atoms with Crippen LogP contribution < -0.4 is 11.1 Å². The number of nitrogens with zero attached hydrogens (tertiary/aromatic N) is 4. The first-order chi connectivity index (χ1) is 9.63. The molecular weight excluding hydrogens is 299 g/mol. The molecule has 20 heavy (non-hydrogen) atoms. The van der Waals surface area contributed by atoms with Gasteiger partial charge in [-0.15, -0.1) is 0 Å². The molecule has 8 heteroatoms. The molecule has 6 nitrogen and oxygen atoms in total.